The van der Waals surface area contributed by atoms with Gasteiger partial charge in [0.15, 0.2) is 0 Å². The van der Waals surface area contributed by atoms with Crippen molar-refractivity contribution in [2.24, 2.45) is 0 Å². The van der Waals surface area contributed by atoms with Crippen molar-refractivity contribution >= 4 is 18.1 Å². The van der Waals surface area contributed by atoms with Gasteiger partial charge in [0.25, 0.3) is 0 Å². The van der Waals surface area contributed by atoms with E-state index in [1.54, 1.807) is 0 Å². The van der Waals surface area contributed by atoms with Gasteiger partial charge >= 0.3 is 5.97 Å². The third-order valence-electron chi connectivity index (χ3n) is 1.43. The fraction of sp³-hybridized carbons (Fsp3) is 0. The lowest BCUT2D eigenvalue weighted by atomic mass is 10.2. The zero-order chi connectivity index (χ0) is 9.84. The van der Waals surface area contributed by atoms with E-state index < -0.39 is 11.8 Å². The number of hydrogen-bond acceptors (Lipinski definition) is 2. The van der Waals surface area contributed by atoms with Gasteiger partial charge in [-0.15, -0.1) is 0 Å². The Morgan fingerprint density at radius 3 is 2.69 bits per heavy atom. The minimum atomic E-state index is -1.21. The lowest BCUT2D eigenvalue weighted by molar-refractivity contribution is -0.105. The molecule has 4 nitrogen and oxygen atoms in total. The van der Waals surface area contributed by atoms with E-state index in [4.69, 9.17) is 5.11 Å². The molecular weight excluding hydrogens is 177 g/mol. The van der Waals surface area contributed by atoms with Crippen LogP contribution < -0.4 is 5.32 Å². The largest absolute Gasteiger partial charge is 0.478 e. The van der Waals surface area contributed by atoms with Gasteiger partial charge in [-0.3, -0.25) is 4.79 Å². The average molecular weight is 183 g/mol. The Kier molecular flexibility index (Phi) is 2.59. The summed E-state index contributed by atoms with van der Waals surface area (Å²) >= 11 is 0. The molecule has 0 aliphatic carbocycles. The van der Waals surface area contributed by atoms with Crippen molar-refractivity contribution in [2.45, 2.75) is 0 Å². The molecule has 0 fully saturated rings. The Labute approximate surface area is 73.0 Å². The molecule has 2 N–H and O–H groups in total. The van der Waals surface area contributed by atoms with Crippen LogP contribution in [0.5, 0.6) is 0 Å². The van der Waals surface area contributed by atoms with E-state index in [0.29, 0.717) is 6.41 Å². The maximum atomic E-state index is 12.9. The number of nitrogens with one attached hydrogen (secondary N) is 1. The molecule has 0 bridgehead atoms. The molecule has 0 atom stereocenters. The van der Waals surface area contributed by atoms with Crippen LogP contribution in [0.3, 0.4) is 0 Å². The molecule has 0 aromatic heterocycles. The summed E-state index contributed by atoms with van der Waals surface area (Å²) < 4.78 is 12.9. The summed E-state index contributed by atoms with van der Waals surface area (Å²) in [7, 11) is 0. The van der Waals surface area contributed by atoms with Crippen molar-refractivity contribution < 1.29 is 19.1 Å². The first-order chi connectivity index (χ1) is 6.15. The van der Waals surface area contributed by atoms with Crippen molar-refractivity contribution in [1.29, 1.82) is 0 Å². The molecule has 0 aliphatic heterocycles. The normalized spacial score (nSPS) is 9.31. The van der Waals surface area contributed by atoms with Crippen LogP contribution >= 0.6 is 0 Å². The van der Waals surface area contributed by atoms with E-state index in [0.717, 1.165) is 6.07 Å². The lowest BCUT2D eigenvalue weighted by Crippen LogP contribution is -2.01. The SMILES string of the molecule is O=CNc1ccc(C(=O)O)cc1F. The molecule has 1 aromatic carbocycles. The van der Waals surface area contributed by atoms with Gasteiger partial charge in [0, 0.05) is 0 Å². The van der Waals surface area contributed by atoms with E-state index >= 15 is 0 Å². The second-order valence-corrected chi connectivity index (χ2v) is 2.26. The minimum Gasteiger partial charge on any atom is -0.478 e. The van der Waals surface area contributed by atoms with E-state index in [9.17, 15) is 14.0 Å². The summed E-state index contributed by atoms with van der Waals surface area (Å²) in [6, 6.07) is 3.23. The van der Waals surface area contributed by atoms with Gasteiger partial charge in [-0.05, 0) is 18.2 Å². The number of halogens is 1. The molecule has 0 radical (unpaired) electrons. The summed E-state index contributed by atoms with van der Waals surface area (Å²) in [6.07, 6.45) is 0.318. The summed E-state index contributed by atoms with van der Waals surface area (Å²) in [5, 5.41) is 10.6. The number of aromatic carboxylic acids is 1. The zero-order valence-electron chi connectivity index (χ0n) is 6.45. The number of anilines is 1. The Bertz CT molecular complexity index is 351. The van der Waals surface area contributed by atoms with Gasteiger partial charge in [-0.2, -0.15) is 0 Å². The van der Waals surface area contributed by atoms with Crippen LogP contribution in [0.2, 0.25) is 0 Å². The predicted octanol–water partition coefficient (Wildman–Crippen LogP) is 1.09. The number of rotatable bonds is 3. The van der Waals surface area contributed by atoms with Crippen molar-refractivity contribution in [1.82, 2.24) is 0 Å². The van der Waals surface area contributed by atoms with E-state index in [1.807, 2.05) is 0 Å². The first-order valence-corrected chi connectivity index (χ1v) is 3.38. The number of carboxylic acids is 1. The smallest absolute Gasteiger partial charge is 0.335 e. The second-order valence-electron chi connectivity index (χ2n) is 2.26. The summed E-state index contributed by atoms with van der Waals surface area (Å²) in [5.74, 6) is -1.98. The van der Waals surface area contributed by atoms with Gasteiger partial charge < -0.3 is 10.4 Å². The van der Waals surface area contributed by atoms with Crippen LogP contribution in [-0.4, -0.2) is 17.5 Å². The highest BCUT2D eigenvalue weighted by atomic mass is 19.1. The van der Waals surface area contributed by atoms with E-state index in [1.165, 1.54) is 12.1 Å². The van der Waals surface area contributed by atoms with Gasteiger partial charge in [0.1, 0.15) is 5.82 Å². The first-order valence-electron chi connectivity index (χ1n) is 3.38. The molecule has 1 rings (SSSR count). The standard InChI is InChI=1S/C8H6FNO3/c9-6-3-5(8(12)13)1-2-7(6)10-4-11/h1-4H,(H,10,11)(H,12,13). The second kappa shape index (κ2) is 3.66. The van der Waals surface area contributed by atoms with Crippen molar-refractivity contribution in [2.75, 3.05) is 5.32 Å². The molecule has 0 saturated heterocycles. The number of carbonyl (C=O) groups is 2. The fourth-order valence-corrected chi connectivity index (χ4v) is 0.829. The monoisotopic (exact) mass is 183 g/mol. The average Bonchev–Trinajstić information content (AvgIpc) is 2.08. The van der Waals surface area contributed by atoms with Gasteiger partial charge in [0.05, 0.1) is 11.3 Å². The third-order valence-corrected chi connectivity index (χ3v) is 1.43. The first kappa shape index (κ1) is 9.18. The summed E-state index contributed by atoms with van der Waals surface area (Å²) in [6.45, 7) is 0. The molecular formula is C8H6FNO3. The molecule has 0 unspecified atom stereocenters. The van der Waals surface area contributed by atoms with Crippen LogP contribution in [0, 0.1) is 5.82 Å². The quantitative estimate of drug-likeness (QED) is 0.689. The number of benzene rings is 1. The highest BCUT2D eigenvalue weighted by molar-refractivity contribution is 5.88. The predicted molar refractivity (Wildman–Crippen MR) is 43.0 cm³/mol. The molecule has 0 saturated carbocycles. The molecule has 0 aliphatic rings. The van der Waals surface area contributed by atoms with Crippen molar-refractivity contribution in [3.63, 3.8) is 0 Å². The van der Waals surface area contributed by atoms with Crippen LogP contribution in [0.25, 0.3) is 0 Å². The maximum Gasteiger partial charge on any atom is 0.335 e. The molecule has 0 spiro atoms. The topological polar surface area (TPSA) is 66.4 Å². The van der Waals surface area contributed by atoms with Crippen LogP contribution in [0.15, 0.2) is 18.2 Å². The molecule has 13 heavy (non-hydrogen) atoms. The van der Waals surface area contributed by atoms with Crippen LogP contribution in [0.4, 0.5) is 10.1 Å². The molecule has 1 amide bonds. The highest BCUT2D eigenvalue weighted by Gasteiger charge is 2.06. The molecule has 1 aromatic rings. The van der Waals surface area contributed by atoms with Gasteiger partial charge in [0.2, 0.25) is 6.41 Å². The van der Waals surface area contributed by atoms with Crippen molar-refractivity contribution in [3.8, 4) is 0 Å². The zero-order valence-corrected chi connectivity index (χ0v) is 6.45. The van der Waals surface area contributed by atoms with Gasteiger partial charge in [-0.25, -0.2) is 9.18 Å². The number of carboxylic acid groups (broad SMARTS) is 1. The number of hydrogen-bond donors (Lipinski definition) is 2. The Morgan fingerprint density at radius 1 is 1.54 bits per heavy atom. The van der Waals surface area contributed by atoms with Gasteiger partial charge in [-0.1, -0.05) is 0 Å². The minimum absolute atomic E-state index is 0.0417. The Balaban J connectivity index is 3.04. The fourth-order valence-electron chi connectivity index (χ4n) is 0.829. The van der Waals surface area contributed by atoms with E-state index in [-0.39, 0.29) is 11.3 Å². The highest BCUT2D eigenvalue weighted by Crippen LogP contribution is 2.14. The van der Waals surface area contributed by atoms with Crippen LogP contribution in [-0.2, 0) is 4.79 Å². The molecule has 68 valence electrons. The maximum absolute atomic E-state index is 12.9. The van der Waals surface area contributed by atoms with E-state index in [2.05, 4.69) is 5.32 Å². The Hall–Kier alpha value is -1.91. The van der Waals surface area contributed by atoms with Crippen LogP contribution in [0.1, 0.15) is 10.4 Å². The number of carbonyl (C=O) groups excluding carboxylic acids is 1. The molecule has 0 heterocycles. The third kappa shape index (κ3) is 2.02. The summed E-state index contributed by atoms with van der Waals surface area (Å²) in [5.41, 5.74) is -0.200. The number of amides is 1. The molecule has 5 heteroatoms. The summed E-state index contributed by atoms with van der Waals surface area (Å²) in [4.78, 5) is 20.3. The lowest BCUT2D eigenvalue weighted by Gasteiger charge is -2.00. The van der Waals surface area contributed by atoms with Crippen molar-refractivity contribution in [3.05, 3.63) is 29.6 Å². The Morgan fingerprint density at radius 2 is 2.23 bits per heavy atom.